The van der Waals surface area contributed by atoms with Gasteiger partial charge in [0.15, 0.2) is 5.78 Å². The Morgan fingerprint density at radius 2 is 2.00 bits per heavy atom. The minimum absolute atomic E-state index is 0.244. The van der Waals surface area contributed by atoms with Crippen LogP contribution in [0.1, 0.15) is 28.2 Å². The van der Waals surface area contributed by atoms with Crippen molar-refractivity contribution in [1.29, 1.82) is 0 Å². The number of ketones is 1. The van der Waals surface area contributed by atoms with Crippen molar-refractivity contribution in [2.45, 2.75) is 19.3 Å². The molecule has 4 heteroatoms. The van der Waals surface area contributed by atoms with Crippen molar-refractivity contribution < 1.29 is 4.79 Å². The molecule has 1 aliphatic carbocycles. The van der Waals surface area contributed by atoms with Gasteiger partial charge in [0.05, 0.1) is 16.1 Å². The van der Waals surface area contributed by atoms with E-state index in [0.717, 1.165) is 44.9 Å². The van der Waals surface area contributed by atoms with E-state index < -0.39 is 0 Å². The van der Waals surface area contributed by atoms with Gasteiger partial charge in [-0.25, -0.2) is 4.98 Å². The Kier molecular flexibility index (Phi) is 2.63. The fourth-order valence-electron chi connectivity index (χ4n) is 2.67. The number of Topliss-reactive ketones (excluding diaryl/α,β-unsaturated/α-hetero) is 1. The number of hydrogen-bond donors (Lipinski definition) is 0. The third-order valence-corrected chi connectivity index (χ3v) is 4.82. The largest absolute Gasteiger partial charge is 0.293 e. The van der Waals surface area contributed by atoms with Crippen LogP contribution in [-0.2, 0) is 6.42 Å². The molecule has 0 bridgehead atoms. The Hall–Kier alpha value is -2.07. The summed E-state index contributed by atoms with van der Waals surface area (Å²) >= 11 is 1.52. The van der Waals surface area contributed by atoms with Gasteiger partial charge in [-0.2, -0.15) is 0 Å². The number of pyridine rings is 1. The monoisotopic (exact) mass is 280 g/mol. The summed E-state index contributed by atoms with van der Waals surface area (Å²) in [5.74, 6) is 0.244. The van der Waals surface area contributed by atoms with Crippen LogP contribution in [0.2, 0.25) is 0 Å². The highest BCUT2D eigenvalue weighted by molar-refractivity contribution is 7.17. The molecule has 0 amide bonds. The second kappa shape index (κ2) is 4.49. The molecule has 0 unspecified atom stereocenters. The highest BCUT2D eigenvalue weighted by atomic mass is 32.1. The van der Waals surface area contributed by atoms with Crippen LogP contribution in [0, 0.1) is 0 Å². The number of fused-ring (bicyclic) bond motifs is 2. The summed E-state index contributed by atoms with van der Waals surface area (Å²) in [6, 6.07) is 10.0. The lowest BCUT2D eigenvalue weighted by atomic mass is 10.0. The van der Waals surface area contributed by atoms with Gasteiger partial charge in [0.25, 0.3) is 0 Å². The summed E-state index contributed by atoms with van der Waals surface area (Å²) in [6.45, 7) is 0. The molecule has 0 fully saturated rings. The quantitative estimate of drug-likeness (QED) is 0.679. The lowest BCUT2D eigenvalue weighted by Crippen LogP contribution is -2.07. The van der Waals surface area contributed by atoms with Crippen molar-refractivity contribution in [3.05, 3.63) is 47.1 Å². The van der Waals surface area contributed by atoms with Gasteiger partial charge in [0, 0.05) is 23.6 Å². The van der Waals surface area contributed by atoms with Gasteiger partial charge in [-0.05, 0) is 25.0 Å². The van der Waals surface area contributed by atoms with Gasteiger partial charge < -0.3 is 0 Å². The summed E-state index contributed by atoms with van der Waals surface area (Å²) in [4.78, 5) is 21.9. The van der Waals surface area contributed by atoms with E-state index in [0.29, 0.717) is 6.42 Å². The number of carbonyl (C=O) groups is 1. The molecular formula is C16H12N2OS. The third kappa shape index (κ3) is 1.76. The number of carbonyl (C=O) groups excluding carboxylic acids is 1. The minimum atomic E-state index is 0.244. The summed E-state index contributed by atoms with van der Waals surface area (Å²) in [6.07, 6.45) is 4.30. The molecule has 0 saturated heterocycles. The molecule has 4 rings (SSSR count). The first-order valence-corrected chi connectivity index (χ1v) is 7.51. The number of benzene rings is 1. The van der Waals surface area contributed by atoms with Crippen molar-refractivity contribution >= 4 is 28.0 Å². The molecule has 3 nitrogen and oxygen atoms in total. The zero-order chi connectivity index (χ0) is 13.5. The number of para-hydroxylation sites is 1. The molecule has 20 heavy (non-hydrogen) atoms. The normalized spacial score (nSPS) is 14.5. The van der Waals surface area contributed by atoms with E-state index in [2.05, 4.69) is 11.1 Å². The molecule has 1 aliphatic rings. The van der Waals surface area contributed by atoms with E-state index in [9.17, 15) is 4.79 Å². The Morgan fingerprint density at radius 3 is 2.90 bits per heavy atom. The smallest absolute Gasteiger partial charge is 0.174 e. The van der Waals surface area contributed by atoms with Gasteiger partial charge in [-0.3, -0.25) is 9.78 Å². The van der Waals surface area contributed by atoms with Crippen LogP contribution in [0.3, 0.4) is 0 Å². The zero-order valence-electron chi connectivity index (χ0n) is 10.8. The van der Waals surface area contributed by atoms with Crippen molar-refractivity contribution in [1.82, 2.24) is 9.97 Å². The van der Waals surface area contributed by atoms with E-state index in [1.807, 2.05) is 24.3 Å². The van der Waals surface area contributed by atoms with E-state index in [4.69, 9.17) is 4.98 Å². The van der Waals surface area contributed by atoms with Crippen LogP contribution in [0.25, 0.3) is 21.5 Å². The number of hydrogen-bond acceptors (Lipinski definition) is 4. The third-order valence-electron chi connectivity index (χ3n) is 3.65. The molecule has 0 N–H and O–H groups in total. The molecule has 0 atom stereocenters. The van der Waals surface area contributed by atoms with E-state index in [-0.39, 0.29) is 5.78 Å². The molecule has 3 aromatic rings. The van der Waals surface area contributed by atoms with E-state index in [1.165, 1.54) is 11.3 Å². The average Bonchev–Trinajstić information content (AvgIpc) is 2.92. The molecule has 0 aliphatic heterocycles. The first-order valence-electron chi connectivity index (χ1n) is 6.70. The summed E-state index contributed by atoms with van der Waals surface area (Å²) in [5, 5.41) is 2.03. The van der Waals surface area contributed by atoms with Crippen molar-refractivity contribution in [2.75, 3.05) is 0 Å². The van der Waals surface area contributed by atoms with Crippen LogP contribution >= 0.6 is 11.3 Å². The second-order valence-electron chi connectivity index (χ2n) is 4.95. The fraction of sp³-hybridized carbons (Fsp3) is 0.188. The Balaban J connectivity index is 1.94. The molecule has 2 aromatic heterocycles. The Morgan fingerprint density at radius 1 is 1.10 bits per heavy atom. The van der Waals surface area contributed by atoms with Crippen molar-refractivity contribution in [3.63, 3.8) is 0 Å². The SMILES string of the molecule is O=C1CCCc2nc(-c3ccnc4ccccc34)sc21. The van der Waals surface area contributed by atoms with Gasteiger partial charge >= 0.3 is 0 Å². The number of thiazole rings is 1. The molecule has 0 spiro atoms. The van der Waals surface area contributed by atoms with Crippen LogP contribution in [-0.4, -0.2) is 15.8 Å². The molecule has 2 heterocycles. The maximum absolute atomic E-state index is 12.0. The maximum Gasteiger partial charge on any atom is 0.174 e. The standard InChI is InChI=1S/C16H12N2OS/c19-14-7-3-6-13-15(14)20-16(18-13)11-8-9-17-12-5-2-1-4-10(11)12/h1-2,4-5,8-9H,3,6-7H2. The molecule has 98 valence electrons. The highest BCUT2D eigenvalue weighted by Crippen LogP contribution is 2.35. The van der Waals surface area contributed by atoms with E-state index in [1.54, 1.807) is 6.20 Å². The van der Waals surface area contributed by atoms with Crippen LogP contribution < -0.4 is 0 Å². The van der Waals surface area contributed by atoms with Crippen LogP contribution in [0.15, 0.2) is 36.5 Å². The predicted octanol–water partition coefficient (Wildman–Crippen LogP) is 3.88. The van der Waals surface area contributed by atoms with E-state index >= 15 is 0 Å². The predicted molar refractivity (Wildman–Crippen MR) is 80.1 cm³/mol. The summed E-state index contributed by atoms with van der Waals surface area (Å²) < 4.78 is 0. The molecular weight excluding hydrogens is 268 g/mol. The van der Waals surface area contributed by atoms with Gasteiger partial charge in [0.1, 0.15) is 5.01 Å². The number of aryl methyl sites for hydroxylation is 1. The lowest BCUT2D eigenvalue weighted by molar-refractivity contribution is 0.0976. The number of nitrogens with zero attached hydrogens (tertiary/aromatic N) is 2. The molecule has 0 radical (unpaired) electrons. The summed E-state index contributed by atoms with van der Waals surface area (Å²) in [7, 11) is 0. The lowest BCUT2D eigenvalue weighted by Gasteiger charge is -2.06. The van der Waals surface area contributed by atoms with Crippen molar-refractivity contribution in [3.8, 4) is 10.6 Å². The van der Waals surface area contributed by atoms with Crippen molar-refractivity contribution in [2.24, 2.45) is 0 Å². The van der Waals surface area contributed by atoms with Gasteiger partial charge in [0.2, 0.25) is 0 Å². The fourth-order valence-corrected chi connectivity index (χ4v) is 3.79. The topological polar surface area (TPSA) is 42.9 Å². The highest BCUT2D eigenvalue weighted by Gasteiger charge is 2.23. The van der Waals surface area contributed by atoms with Gasteiger partial charge in [-0.15, -0.1) is 11.3 Å². The average molecular weight is 280 g/mol. The maximum atomic E-state index is 12.0. The first kappa shape index (κ1) is 11.7. The number of aromatic nitrogens is 2. The van der Waals surface area contributed by atoms with Crippen LogP contribution in [0.5, 0.6) is 0 Å². The zero-order valence-corrected chi connectivity index (χ0v) is 11.6. The second-order valence-corrected chi connectivity index (χ2v) is 5.95. The van der Waals surface area contributed by atoms with Gasteiger partial charge in [-0.1, -0.05) is 18.2 Å². The minimum Gasteiger partial charge on any atom is -0.293 e. The Labute approximate surface area is 120 Å². The Bertz CT molecular complexity index is 817. The molecule has 0 saturated carbocycles. The first-order chi connectivity index (χ1) is 9.83. The van der Waals surface area contributed by atoms with Crippen LogP contribution in [0.4, 0.5) is 0 Å². The summed E-state index contributed by atoms with van der Waals surface area (Å²) in [5.41, 5.74) is 3.01. The molecule has 1 aromatic carbocycles. The number of rotatable bonds is 1.